The first-order valence-electron chi connectivity index (χ1n) is 22.0. The van der Waals surface area contributed by atoms with Gasteiger partial charge in [-0.15, -0.1) is 0 Å². The van der Waals surface area contributed by atoms with Gasteiger partial charge in [0.1, 0.15) is 11.2 Å². The Morgan fingerprint density at radius 1 is 0.317 bits per heavy atom. The lowest BCUT2D eigenvalue weighted by molar-refractivity contribution is 0.659. The molecule has 10 aromatic carbocycles. The Morgan fingerprint density at radius 3 is 1.59 bits per heavy atom. The van der Waals surface area contributed by atoms with Crippen LogP contribution >= 0.6 is 0 Å². The van der Waals surface area contributed by atoms with Crippen molar-refractivity contribution in [2.75, 3.05) is 0 Å². The van der Waals surface area contributed by atoms with Gasteiger partial charge < -0.3 is 4.42 Å². The maximum Gasteiger partial charge on any atom is 0.135 e. The second kappa shape index (κ2) is 14.7. The van der Waals surface area contributed by atoms with E-state index in [4.69, 9.17) is 4.42 Å². The number of hydrogen-bond donors (Lipinski definition) is 0. The summed E-state index contributed by atoms with van der Waals surface area (Å²) in [5.74, 6) is 0.00121. The minimum absolute atomic E-state index is 0.00121. The third kappa shape index (κ3) is 6.23. The van der Waals surface area contributed by atoms with Crippen LogP contribution in [0.2, 0.25) is 0 Å². The fraction of sp³-hybridized carbons (Fsp3) is 0.0645. The fourth-order valence-corrected chi connectivity index (χ4v) is 10.4. The Bertz CT molecular complexity index is 3520. The molecule has 1 aliphatic carbocycles. The van der Waals surface area contributed by atoms with Gasteiger partial charge in [-0.25, -0.2) is 0 Å². The van der Waals surface area contributed by atoms with Crippen LogP contribution in [0.1, 0.15) is 47.6 Å². The smallest absolute Gasteiger partial charge is 0.135 e. The summed E-state index contributed by atoms with van der Waals surface area (Å²) in [6, 6.07) is 82.6. The molecule has 0 aliphatic heterocycles. The molecular weight excluding hydrogens is 761 g/mol. The Morgan fingerprint density at radius 2 is 0.825 bits per heavy atom. The molecule has 1 aliphatic rings. The molecule has 0 fully saturated rings. The summed E-state index contributed by atoms with van der Waals surface area (Å²) < 4.78 is 6.18. The van der Waals surface area contributed by atoms with Crippen molar-refractivity contribution in [3.8, 4) is 55.6 Å². The van der Waals surface area contributed by atoms with Crippen LogP contribution in [-0.2, 0) is 5.41 Å². The van der Waals surface area contributed by atoms with Crippen molar-refractivity contribution in [1.82, 2.24) is 0 Å². The van der Waals surface area contributed by atoms with Crippen LogP contribution in [-0.4, -0.2) is 0 Å². The summed E-state index contributed by atoms with van der Waals surface area (Å²) in [6.07, 6.45) is 0. The minimum atomic E-state index is -0.208. The van der Waals surface area contributed by atoms with E-state index in [0.29, 0.717) is 0 Å². The summed E-state index contributed by atoms with van der Waals surface area (Å²) in [7, 11) is 0. The molecule has 0 saturated heterocycles. The predicted molar refractivity (Wildman–Crippen MR) is 264 cm³/mol. The number of hydrogen-bond acceptors (Lipinski definition) is 1. The number of furan rings is 1. The standard InChI is InChI=1S/C62H44O/c1-62(2)57-38-47(46-30-35-60-56(37-46)54-22-11-12-23-59(54)63-60)28-31-52(57)53-32-29-48(39-58(53)62)61(55-34-33-49(42-16-7-4-8-17-42)50-20-9-10-21-51(50)55)43-26-24-41(25-27-43)45-19-13-18-44(36-45)40-14-5-3-6-15-40/h3-39,61H,1-2H3. The number of para-hydroxylation sites is 1. The normalized spacial score (nSPS) is 13.3. The van der Waals surface area contributed by atoms with Crippen molar-refractivity contribution in [1.29, 1.82) is 0 Å². The van der Waals surface area contributed by atoms with Gasteiger partial charge in [-0.05, 0) is 125 Å². The molecule has 0 N–H and O–H groups in total. The van der Waals surface area contributed by atoms with Gasteiger partial charge in [-0.3, -0.25) is 0 Å². The lowest BCUT2D eigenvalue weighted by Crippen LogP contribution is -2.16. The molecule has 1 heteroatoms. The average molecular weight is 805 g/mol. The molecule has 1 nitrogen and oxygen atoms in total. The minimum Gasteiger partial charge on any atom is -0.456 e. The van der Waals surface area contributed by atoms with Crippen LogP contribution in [0.5, 0.6) is 0 Å². The van der Waals surface area contributed by atoms with Crippen molar-refractivity contribution in [3.05, 3.63) is 252 Å². The zero-order valence-corrected chi connectivity index (χ0v) is 35.3. The van der Waals surface area contributed by atoms with Gasteiger partial charge in [0.05, 0.1) is 0 Å². The summed E-state index contributed by atoms with van der Waals surface area (Å²) in [5.41, 5.74) is 20.7. The van der Waals surface area contributed by atoms with Gasteiger partial charge in [0.15, 0.2) is 0 Å². The van der Waals surface area contributed by atoms with Crippen LogP contribution in [0.25, 0.3) is 88.3 Å². The van der Waals surface area contributed by atoms with Crippen LogP contribution in [0, 0.1) is 0 Å². The van der Waals surface area contributed by atoms with E-state index in [2.05, 4.69) is 226 Å². The van der Waals surface area contributed by atoms with Gasteiger partial charge in [-0.2, -0.15) is 0 Å². The van der Waals surface area contributed by atoms with E-state index in [-0.39, 0.29) is 11.3 Å². The van der Waals surface area contributed by atoms with Crippen LogP contribution in [0.4, 0.5) is 0 Å². The van der Waals surface area contributed by atoms with Gasteiger partial charge >= 0.3 is 0 Å². The van der Waals surface area contributed by atoms with Crippen LogP contribution in [0.15, 0.2) is 229 Å². The number of benzene rings is 10. The second-order valence-electron chi connectivity index (χ2n) is 17.6. The van der Waals surface area contributed by atoms with E-state index >= 15 is 0 Å². The van der Waals surface area contributed by atoms with Crippen LogP contribution < -0.4 is 0 Å². The first kappa shape index (κ1) is 37.1. The molecule has 1 aromatic heterocycles. The third-order valence-corrected chi connectivity index (χ3v) is 13.6. The molecule has 0 bridgehead atoms. The maximum absolute atomic E-state index is 6.18. The summed E-state index contributed by atoms with van der Waals surface area (Å²) >= 11 is 0. The zero-order valence-electron chi connectivity index (χ0n) is 35.3. The third-order valence-electron chi connectivity index (χ3n) is 13.6. The molecule has 0 amide bonds. The van der Waals surface area contributed by atoms with Gasteiger partial charge in [-0.1, -0.05) is 208 Å². The van der Waals surface area contributed by atoms with Crippen LogP contribution in [0.3, 0.4) is 0 Å². The van der Waals surface area contributed by atoms with E-state index in [1.807, 2.05) is 12.1 Å². The quantitative estimate of drug-likeness (QED) is 0.146. The number of fused-ring (bicyclic) bond motifs is 7. The largest absolute Gasteiger partial charge is 0.456 e. The van der Waals surface area contributed by atoms with E-state index < -0.39 is 0 Å². The second-order valence-corrected chi connectivity index (χ2v) is 17.6. The molecule has 298 valence electrons. The Kier molecular flexibility index (Phi) is 8.66. The summed E-state index contributed by atoms with van der Waals surface area (Å²) in [6.45, 7) is 4.80. The molecule has 1 unspecified atom stereocenters. The highest BCUT2D eigenvalue weighted by atomic mass is 16.3. The summed E-state index contributed by atoms with van der Waals surface area (Å²) in [4.78, 5) is 0. The molecule has 0 spiro atoms. The zero-order chi connectivity index (χ0) is 42.1. The molecule has 1 atom stereocenters. The molecule has 12 rings (SSSR count). The van der Waals surface area contributed by atoms with Gasteiger partial charge in [0.2, 0.25) is 0 Å². The Labute approximate surface area is 368 Å². The van der Waals surface area contributed by atoms with Gasteiger partial charge in [0, 0.05) is 22.1 Å². The number of rotatable bonds is 7. The van der Waals surface area contributed by atoms with E-state index in [1.165, 1.54) is 94.2 Å². The molecular formula is C62H44O. The Balaban J connectivity index is 0.973. The topological polar surface area (TPSA) is 13.1 Å². The van der Waals surface area contributed by atoms with Crippen molar-refractivity contribution < 1.29 is 4.42 Å². The highest BCUT2D eigenvalue weighted by molar-refractivity contribution is 6.06. The van der Waals surface area contributed by atoms with E-state index in [0.717, 1.165) is 21.9 Å². The van der Waals surface area contributed by atoms with Crippen molar-refractivity contribution in [3.63, 3.8) is 0 Å². The van der Waals surface area contributed by atoms with Crippen molar-refractivity contribution in [2.45, 2.75) is 25.2 Å². The first-order chi connectivity index (χ1) is 31.0. The highest BCUT2D eigenvalue weighted by Crippen LogP contribution is 2.52. The monoisotopic (exact) mass is 804 g/mol. The average Bonchev–Trinajstić information content (AvgIpc) is 3.83. The molecule has 0 saturated carbocycles. The van der Waals surface area contributed by atoms with E-state index in [1.54, 1.807) is 0 Å². The van der Waals surface area contributed by atoms with Gasteiger partial charge in [0.25, 0.3) is 0 Å². The lowest BCUT2D eigenvalue weighted by atomic mass is 9.77. The molecule has 11 aromatic rings. The van der Waals surface area contributed by atoms with Crippen molar-refractivity contribution >= 4 is 32.7 Å². The highest BCUT2D eigenvalue weighted by Gasteiger charge is 2.37. The van der Waals surface area contributed by atoms with Crippen molar-refractivity contribution in [2.24, 2.45) is 0 Å². The lowest BCUT2D eigenvalue weighted by Gasteiger charge is -2.26. The SMILES string of the molecule is CC1(C)c2cc(-c3ccc4oc5ccccc5c4c3)ccc2-c2ccc(C(c3ccc(-c4cccc(-c5ccccc5)c4)cc3)c3ccc(-c4ccccc4)c4ccccc34)cc21. The molecule has 1 heterocycles. The van der Waals surface area contributed by atoms with E-state index in [9.17, 15) is 0 Å². The first-order valence-corrected chi connectivity index (χ1v) is 22.0. The Hall–Kier alpha value is -7.74. The molecule has 63 heavy (non-hydrogen) atoms. The predicted octanol–water partition coefficient (Wildman–Crippen LogP) is 16.9. The molecule has 0 radical (unpaired) electrons. The fourth-order valence-electron chi connectivity index (χ4n) is 10.4. The maximum atomic E-state index is 6.18. The summed E-state index contributed by atoms with van der Waals surface area (Å²) in [5, 5.41) is 4.85.